The van der Waals surface area contributed by atoms with Gasteiger partial charge < -0.3 is 5.73 Å². The maximum absolute atomic E-state index is 5.79. The second-order valence-electron chi connectivity index (χ2n) is 4.69. The van der Waals surface area contributed by atoms with E-state index in [9.17, 15) is 0 Å². The second kappa shape index (κ2) is 5.79. The molecule has 0 saturated heterocycles. The van der Waals surface area contributed by atoms with Crippen LogP contribution in [0.4, 0.5) is 0 Å². The zero-order valence-corrected chi connectivity index (χ0v) is 12.8. The van der Waals surface area contributed by atoms with Crippen LogP contribution in [0.5, 0.6) is 0 Å². The molecule has 0 fully saturated rings. The van der Waals surface area contributed by atoms with Crippen LogP contribution in [0, 0.1) is 13.8 Å². The number of nitrogens with zero attached hydrogens (tertiary/aromatic N) is 4. The molecule has 0 radical (unpaired) electrons. The molecule has 104 valence electrons. The minimum Gasteiger partial charge on any atom is -0.325 e. The Hall–Kier alpha value is -1.27. The van der Waals surface area contributed by atoms with Crippen LogP contribution in [-0.4, -0.2) is 20.0 Å². The number of thiazole rings is 1. The maximum atomic E-state index is 5.79. The lowest BCUT2D eigenvalue weighted by molar-refractivity contribution is 0.589. The van der Waals surface area contributed by atoms with Crippen LogP contribution in [-0.2, 0) is 6.54 Å². The monoisotopic (exact) mass is 279 g/mol. The van der Waals surface area contributed by atoms with Crippen LogP contribution in [0.3, 0.4) is 0 Å². The highest BCUT2D eigenvalue weighted by atomic mass is 32.1. The van der Waals surface area contributed by atoms with E-state index in [1.54, 1.807) is 11.3 Å². The number of aromatic nitrogens is 4. The van der Waals surface area contributed by atoms with E-state index < -0.39 is 0 Å². The fourth-order valence-electron chi connectivity index (χ4n) is 2.24. The molecule has 2 aromatic heterocycles. The van der Waals surface area contributed by atoms with Crippen molar-refractivity contribution in [3.63, 3.8) is 0 Å². The van der Waals surface area contributed by atoms with E-state index in [0.29, 0.717) is 12.5 Å². The molecule has 5 nitrogen and oxygen atoms in total. The fraction of sp³-hybridized carbons (Fsp3) is 0.615. The number of rotatable bonds is 5. The predicted octanol–water partition coefficient (Wildman–Crippen LogP) is 2.70. The fourth-order valence-corrected chi connectivity index (χ4v) is 3.11. The Morgan fingerprint density at radius 2 is 1.95 bits per heavy atom. The quantitative estimate of drug-likeness (QED) is 0.913. The number of aryl methyl sites for hydroxylation is 2. The summed E-state index contributed by atoms with van der Waals surface area (Å²) in [6.45, 7) is 8.89. The molecule has 0 saturated carbocycles. The smallest absolute Gasteiger partial charge is 0.212 e. The largest absolute Gasteiger partial charge is 0.325 e. The highest BCUT2D eigenvalue weighted by Gasteiger charge is 2.22. The van der Waals surface area contributed by atoms with Gasteiger partial charge in [0.2, 0.25) is 5.13 Å². The molecule has 0 aromatic carbocycles. The van der Waals surface area contributed by atoms with Crippen molar-refractivity contribution in [2.24, 2.45) is 5.73 Å². The topological polar surface area (TPSA) is 69.6 Å². The Bertz CT molecular complexity index is 534. The SMILES string of the molecule is CCC(CC)c1c(CN)nnn1-c1nc(C)c(C)s1. The van der Waals surface area contributed by atoms with Crippen molar-refractivity contribution in [1.29, 1.82) is 0 Å². The lowest BCUT2D eigenvalue weighted by Gasteiger charge is -2.14. The van der Waals surface area contributed by atoms with Gasteiger partial charge in [0.05, 0.1) is 11.4 Å². The molecule has 0 spiro atoms. The molecule has 0 atom stereocenters. The van der Waals surface area contributed by atoms with Crippen LogP contribution >= 0.6 is 11.3 Å². The molecule has 0 aliphatic carbocycles. The molecular weight excluding hydrogens is 258 g/mol. The van der Waals surface area contributed by atoms with E-state index in [1.807, 2.05) is 11.6 Å². The lowest BCUT2D eigenvalue weighted by atomic mass is 9.97. The van der Waals surface area contributed by atoms with Gasteiger partial charge >= 0.3 is 0 Å². The molecule has 0 amide bonds. The van der Waals surface area contributed by atoms with Crippen molar-refractivity contribution in [1.82, 2.24) is 20.0 Å². The van der Waals surface area contributed by atoms with Crippen LogP contribution in [0.15, 0.2) is 0 Å². The average molecular weight is 279 g/mol. The third-order valence-corrected chi connectivity index (χ3v) is 4.59. The summed E-state index contributed by atoms with van der Waals surface area (Å²) in [5, 5.41) is 9.38. The molecule has 19 heavy (non-hydrogen) atoms. The highest BCUT2D eigenvalue weighted by Crippen LogP contribution is 2.29. The Labute approximate surface area is 117 Å². The minimum atomic E-state index is 0.426. The molecular formula is C13H21N5S. The Morgan fingerprint density at radius 1 is 1.26 bits per heavy atom. The van der Waals surface area contributed by atoms with Crippen molar-refractivity contribution in [3.05, 3.63) is 22.0 Å². The van der Waals surface area contributed by atoms with Crippen LogP contribution in [0.2, 0.25) is 0 Å². The highest BCUT2D eigenvalue weighted by molar-refractivity contribution is 7.14. The van der Waals surface area contributed by atoms with E-state index in [2.05, 4.69) is 36.1 Å². The van der Waals surface area contributed by atoms with Gasteiger partial charge in [0.15, 0.2) is 0 Å². The summed E-state index contributed by atoms with van der Waals surface area (Å²) in [5.74, 6) is 0.429. The Balaban J connectivity index is 2.54. The van der Waals surface area contributed by atoms with E-state index in [1.165, 1.54) is 4.88 Å². The summed E-state index contributed by atoms with van der Waals surface area (Å²) in [7, 11) is 0. The number of nitrogens with two attached hydrogens (primary N) is 1. The molecule has 6 heteroatoms. The normalized spacial score (nSPS) is 11.5. The van der Waals surface area contributed by atoms with E-state index in [4.69, 9.17) is 5.73 Å². The van der Waals surface area contributed by atoms with Crippen LogP contribution < -0.4 is 5.73 Å². The van der Waals surface area contributed by atoms with Gasteiger partial charge in [0.1, 0.15) is 5.69 Å². The summed E-state index contributed by atoms with van der Waals surface area (Å²) in [5.41, 5.74) is 8.86. The standard InChI is InChI=1S/C13H21N5S/c1-5-10(6-2)12-11(7-14)16-17-18(12)13-15-8(3)9(4)19-13/h10H,5-7,14H2,1-4H3. The van der Waals surface area contributed by atoms with Crippen molar-refractivity contribution in [3.8, 4) is 5.13 Å². The van der Waals surface area contributed by atoms with Gasteiger partial charge in [-0.2, -0.15) is 4.68 Å². The summed E-state index contributed by atoms with van der Waals surface area (Å²) in [4.78, 5) is 5.80. The lowest BCUT2D eigenvalue weighted by Crippen LogP contribution is -2.10. The molecule has 0 aliphatic heterocycles. The molecule has 2 aromatic rings. The van der Waals surface area contributed by atoms with E-state index in [0.717, 1.165) is 35.1 Å². The first-order valence-electron chi connectivity index (χ1n) is 6.71. The third kappa shape index (κ3) is 2.55. The summed E-state index contributed by atoms with van der Waals surface area (Å²) in [6, 6.07) is 0. The number of hydrogen-bond donors (Lipinski definition) is 1. The van der Waals surface area contributed by atoms with Gasteiger partial charge in [-0.25, -0.2) is 4.98 Å². The minimum absolute atomic E-state index is 0.426. The van der Waals surface area contributed by atoms with Gasteiger partial charge in [0, 0.05) is 17.3 Å². The average Bonchev–Trinajstić information content (AvgIpc) is 2.96. The summed E-state index contributed by atoms with van der Waals surface area (Å²) in [6.07, 6.45) is 2.11. The van der Waals surface area contributed by atoms with Crippen molar-refractivity contribution in [2.75, 3.05) is 0 Å². The molecule has 2 rings (SSSR count). The Morgan fingerprint density at radius 3 is 2.42 bits per heavy atom. The number of hydrogen-bond acceptors (Lipinski definition) is 5. The van der Waals surface area contributed by atoms with Crippen molar-refractivity contribution < 1.29 is 0 Å². The molecule has 2 heterocycles. The van der Waals surface area contributed by atoms with E-state index >= 15 is 0 Å². The second-order valence-corrected chi connectivity index (χ2v) is 5.87. The van der Waals surface area contributed by atoms with Gasteiger partial charge in [-0.3, -0.25) is 0 Å². The first kappa shape index (κ1) is 14.1. The zero-order valence-electron chi connectivity index (χ0n) is 12.0. The Kier molecular flexibility index (Phi) is 4.31. The van der Waals surface area contributed by atoms with Crippen molar-refractivity contribution in [2.45, 2.75) is 53.0 Å². The van der Waals surface area contributed by atoms with Gasteiger partial charge in [0.25, 0.3) is 0 Å². The molecule has 0 aliphatic rings. The first-order chi connectivity index (χ1) is 9.12. The zero-order chi connectivity index (χ0) is 14.0. The predicted molar refractivity (Wildman–Crippen MR) is 77.7 cm³/mol. The molecule has 2 N–H and O–H groups in total. The summed E-state index contributed by atoms with van der Waals surface area (Å²) >= 11 is 1.65. The van der Waals surface area contributed by atoms with Gasteiger partial charge in [-0.05, 0) is 26.7 Å². The molecule has 0 unspecified atom stereocenters. The van der Waals surface area contributed by atoms with E-state index in [-0.39, 0.29) is 0 Å². The maximum Gasteiger partial charge on any atom is 0.212 e. The summed E-state index contributed by atoms with van der Waals surface area (Å²) < 4.78 is 1.88. The van der Waals surface area contributed by atoms with Crippen molar-refractivity contribution >= 4 is 11.3 Å². The third-order valence-electron chi connectivity index (χ3n) is 3.54. The first-order valence-corrected chi connectivity index (χ1v) is 7.52. The van der Waals surface area contributed by atoms with Gasteiger partial charge in [-0.1, -0.05) is 30.4 Å². The van der Waals surface area contributed by atoms with Crippen LogP contribution in [0.25, 0.3) is 5.13 Å². The van der Waals surface area contributed by atoms with Crippen LogP contribution in [0.1, 0.15) is 54.6 Å². The molecule has 0 bridgehead atoms. The van der Waals surface area contributed by atoms with Gasteiger partial charge in [-0.15, -0.1) is 5.10 Å².